The molecule has 2 heteroatoms. The Morgan fingerprint density at radius 3 is 2.04 bits per heavy atom. The van der Waals surface area contributed by atoms with Gasteiger partial charge < -0.3 is 4.43 Å². The Kier molecular flexibility index (Phi) is 7.85. The number of benzene rings is 1. The minimum atomic E-state index is -1.59. The van der Waals surface area contributed by atoms with E-state index in [1.54, 1.807) is 0 Å². The molecule has 1 aromatic rings. The summed E-state index contributed by atoms with van der Waals surface area (Å²) in [5.41, 5.74) is 3.02. The molecule has 1 nitrogen and oxygen atoms in total. The maximum Gasteiger partial charge on any atom is 0.193 e. The summed E-state index contributed by atoms with van der Waals surface area (Å²) < 4.78 is 7.07. The van der Waals surface area contributed by atoms with Gasteiger partial charge >= 0.3 is 0 Å². The summed E-state index contributed by atoms with van der Waals surface area (Å²) in [5.74, 6) is 0. The molecule has 23 heavy (non-hydrogen) atoms. The first kappa shape index (κ1) is 18.7. The summed E-state index contributed by atoms with van der Waals surface area (Å²) in [6, 6.07) is 13.1. The van der Waals surface area contributed by atoms with Gasteiger partial charge in [-0.2, -0.15) is 0 Å². The van der Waals surface area contributed by atoms with Gasteiger partial charge in [0.25, 0.3) is 0 Å². The molecule has 0 spiro atoms. The molecular weight excluding hydrogens is 296 g/mol. The van der Waals surface area contributed by atoms with Crippen LogP contribution < -0.4 is 0 Å². The summed E-state index contributed by atoms with van der Waals surface area (Å²) >= 11 is 0. The van der Waals surface area contributed by atoms with E-state index in [9.17, 15) is 0 Å². The molecule has 0 heterocycles. The van der Waals surface area contributed by atoms with E-state index in [4.69, 9.17) is 4.43 Å². The molecule has 0 amide bonds. The summed E-state index contributed by atoms with van der Waals surface area (Å²) in [4.78, 5) is 0. The molecule has 1 aromatic carbocycles. The van der Waals surface area contributed by atoms with E-state index in [0.29, 0.717) is 6.10 Å². The fourth-order valence-corrected chi connectivity index (χ4v) is 8.94. The van der Waals surface area contributed by atoms with E-state index in [0.717, 1.165) is 0 Å². The van der Waals surface area contributed by atoms with Gasteiger partial charge in [-0.1, -0.05) is 83.6 Å². The van der Waals surface area contributed by atoms with Crippen LogP contribution in [0.5, 0.6) is 0 Å². The minimum Gasteiger partial charge on any atom is -0.410 e. The molecule has 2 rings (SSSR count). The maximum absolute atomic E-state index is 7.07. The second-order valence-corrected chi connectivity index (χ2v) is 11.4. The van der Waals surface area contributed by atoms with E-state index in [1.165, 1.54) is 80.6 Å². The molecule has 1 atom stereocenters. The third kappa shape index (κ3) is 5.19. The Morgan fingerprint density at radius 1 is 0.913 bits per heavy atom. The fraction of sp³-hybridized carbons (Fsp3) is 0.714. The van der Waals surface area contributed by atoms with Gasteiger partial charge in [-0.15, -0.1) is 0 Å². The number of hydrogen-bond acceptors (Lipinski definition) is 1. The lowest BCUT2D eigenvalue weighted by Gasteiger charge is -2.35. The van der Waals surface area contributed by atoms with Crippen LogP contribution >= 0.6 is 0 Å². The van der Waals surface area contributed by atoms with Crippen molar-refractivity contribution in [3.8, 4) is 0 Å². The maximum atomic E-state index is 7.07. The van der Waals surface area contributed by atoms with Crippen LogP contribution in [-0.2, 0) is 10.8 Å². The zero-order valence-corrected chi connectivity index (χ0v) is 16.6. The fourth-order valence-electron chi connectivity index (χ4n) is 3.99. The predicted molar refractivity (Wildman–Crippen MR) is 103 cm³/mol. The number of unbranched alkanes of at least 4 members (excludes halogenated alkanes) is 3. The minimum absolute atomic E-state index is 0.392. The zero-order valence-electron chi connectivity index (χ0n) is 15.6. The Hall–Kier alpha value is -0.603. The largest absolute Gasteiger partial charge is 0.410 e. The van der Waals surface area contributed by atoms with Crippen molar-refractivity contribution < 1.29 is 4.43 Å². The smallest absolute Gasteiger partial charge is 0.193 e. The standard InChI is InChI=1S/C21H36OSi/c1-4-7-16-23(17-8-5-2,18-9-6-3)22-21-15-14-19-12-10-11-13-20(19)21/h10-13,21H,4-9,14-18H2,1-3H3/t21-/m0/s1. The van der Waals surface area contributed by atoms with Crippen LogP contribution in [0.15, 0.2) is 24.3 Å². The van der Waals surface area contributed by atoms with E-state index in [1.807, 2.05) is 0 Å². The number of fused-ring (bicyclic) bond motifs is 1. The highest BCUT2D eigenvalue weighted by Gasteiger charge is 2.37. The molecule has 1 aliphatic rings. The third-order valence-electron chi connectivity index (χ3n) is 5.43. The summed E-state index contributed by atoms with van der Waals surface area (Å²) in [7, 11) is -1.59. The van der Waals surface area contributed by atoms with Crippen molar-refractivity contribution >= 4 is 8.32 Å². The molecule has 0 bridgehead atoms. The van der Waals surface area contributed by atoms with Gasteiger partial charge in [0.15, 0.2) is 8.32 Å². The van der Waals surface area contributed by atoms with E-state index >= 15 is 0 Å². The molecule has 0 aromatic heterocycles. The van der Waals surface area contributed by atoms with E-state index in [-0.39, 0.29) is 0 Å². The first-order valence-corrected chi connectivity index (χ1v) is 12.5. The van der Waals surface area contributed by atoms with Crippen molar-refractivity contribution in [3.63, 3.8) is 0 Å². The monoisotopic (exact) mass is 332 g/mol. The average molecular weight is 333 g/mol. The van der Waals surface area contributed by atoms with Crippen LogP contribution in [0.3, 0.4) is 0 Å². The lowest BCUT2D eigenvalue weighted by atomic mass is 10.1. The van der Waals surface area contributed by atoms with Gasteiger partial charge in [-0.25, -0.2) is 0 Å². The first-order valence-electron chi connectivity index (χ1n) is 10.00. The molecule has 0 aliphatic heterocycles. The van der Waals surface area contributed by atoms with Gasteiger partial charge in [-0.3, -0.25) is 0 Å². The SMILES string of the molecule is CCCC[Si](CCCC)(CCCC)O[C@H]1CCc2ccccc21. The second-order valence-electron chi connectivity index (χ2n) is 7.34. The quantitative estimate of drug-likeness (QED) is 0.395. The third-order valence-corrected chi connectivity index (χ3v) is 10.0. The molecule has 0 saturated carbocycles. The summed E-state index contributed by atoms with van der Waals surface area (Å²) in [5, 5.41) is 0. The molecule has 1 aliphatic carbocycles. The highest BCUT2D eigenvalue weighted by Crippen LogP contribution is 2.40. The Balaban J connectivity index is 2.14. The number of hydrogen-bond donors (Lipinski definition) is 0. The zero-order chi connectivity index (χ0) is 16.5. The van der Waals surface area contributed by atoms with Gasteiger partial charge in [0.1, 0.15) is 0 Å². The van der Waals surface area contributed by atoms with Crippen LogP contribution in [0.2, 0.25) is 18.1 Å². The summed E-state index contributed by atoms with van der Waals surface area (Å²) in [6.07, 6.45) is 10.8. The van der Waals surface area contributed by atoms with Gasteiger partial charge in [0, 0.05) is 0 Å². The number of aryl methyl sites for hydroxylation is 1. The molecule has 0 fully saturated rings. The van der Waals surface area contributed by atoms with Crippen molar-refractivity contribution in [2.75, 3.05) is 0 Å². The van der Waals surface area contributed by atoms with Crippen molar-refractivity contribution in [2.24, 2.45) is 0 Å². The van der Waals surface area contributed by atoms with Crippen LogP contribution in [0, 0.1) is 0 Å². The van der Waals surface area contributed by atoms with Crippen LogP contribution in [0.25, 0.3) is 0 Å². The molecule has 0 saturated heterocycles. The normalized spacial score (nSPS) is 17.4. The van der Waals surface area contributed by atoms with Crippen molar-refractivity contribution in [1.29, 1.82) is 0 Å². The van der Waals surface area contributed by atoms with Gasteiger partial charge in [0.05, 0.1) is 6.10 Å². The number of rotatable bonds is 11. The molecule has 130 valence electrons. The van der Waals surface area contributed by atoms with Crippen molar-refractivity contribution in [2.45, 2.75) is 96.4 Å². The highest BCUT2D eigenvalue weighted by molar-refractivity contribution is 6.73. The molecule has 0 N–H and O–H groups in total. The molecule has 0 radical (unpaired) electrons. The van der Waals surface area contributed by atoms with E-state index in [2.05, 4.69) is 45.0 Å². The van der Waals surface area contributed by atoms with Crippen molar-refractivity contribution in [3.05, 3.63) is 35.4 Å². The second kappa shape index (κ2) is 9.63. The Labute approximate surface area is 145 Å². The molecule has 0 unspecified atom stereocenters. The summed E-state index contributed by atoms with van der Waals surface area (Å²) in [6.45, 7) is 6.97. The molecular formula is C21H36OSi. The predicted octanol–water partition coefficient (Wildman–Crippen LogP) is 7.04. The lowest BCUT2D eigenvalue weighted by Crippen LogP contribution is -2.39. The lowest BCUT2D eigenvalue weighted by molar-refractivity contribution is 0.188. The Bertz CT molecular complexity index is 435. The highest BCUT2D eigenvalue weighted by atomic mass is 28.4. The van der Waals surface area contributed by atoms with Crippen LogP contribution in [0.4, 0.5) is 0 Å². The topological polar surface area (TPSA) is 9.23 Å². The first-order chi connectivity index (χ1) is 11.2. The van der Waals surface area contributed by atoms with Crippen molar-refractivity contribution in [1.82, 2.24) is 0 Å². The Morgan fingerprint density at radius 2 is 1.48 bits per heavy atom. The van der Waals surface area contributed by atoms with E-state index < -0.39 is 8.32 Å². The van der Waals surface area contributed by atoms with Gasteiger partial charge in [-0.05, 0) is 42.1 Å². The average Bonchev–Trinajstić information content (AvgIpc) is 2.99. The van der Waals surface area contributed by atoms with Gasteiger partial charge in [0.2, 0.25) is 0 Å². The van der Waals surface area contributed by atoms with Crippen LogP contribution in [0.1, 0.15) is 82.9 Å². The van der Waals surface area contributed by atoms with Crippen LogP contribution in [-0.4, -0.2) is 8.32 Å².